The number of ether oxygens (including phenoxy) is 2. The molecule has 3 aromatic rings. The Morgan fingerprint density at radius 2 is 1.80 bits per heavy atom. The number of carbonyl (C=O) groups is 1. The summed E-state index contributed by atoms with van der Waals surface area (Å²) in [4.78, 5) is 14.5. The molecule has 4 rings (SSSR count). The lowest BCUT2D eigenvalue weighted by molar-refractivity contribution is -0.274. The lowest BCUT2D eigenvalue weighted by Gasteiger charge is -2.40. The van der Waals surface area contributed by atoms with Crippen molar-refractivity contribution in [2.45, 2.75) is 57.7 Å². The van der Waals surface area contributed by atoms with E-state index in [0.717, 1.165) is 17.7 Å². The summed E-state index contributed by atoms with van der Waals surface area (Å²) in [5.41, 5.74) is 1.13. The van der Waals surface area contributed by atoms with Gasteiger partial charge in [0.05, 0.1) is 11.6 Å². The van der Waals surface area contributed by atoms with Gasteiger partial charge in [-0.15, -0.1) is 13.2 Å². The molecule has 1 heterocycles. The van der Waals surface area contributed by atoms with Gasteiger partial charge in [-0.05, 0) is 62.6 Å². The topological polar surface area (TPSA) is 74.6 Å². The molecule has 1 N–H and O–H groups in total. The molecule has 0 saturated carbocycles. The second-order valence-corrected chi connectivity index (χ2v) is 10.9. The van der Waals surface area contributed by atoms with Crippen LogP contribution in [0.2, 0.25) is 0 Å². The van der Waals surface area contributed by atoms with E-state index in [0.29, 0.717) is 25.1 Å². The van der Waals surface area contributed by atoms with Crippen molar-refractivity contribution in [3.05, 3.63) is 89.2 Å². The number of carbonyl (C=O) groups excluding carboxylic acids is 1. The lowest BCUT2D eigenvalue weighted by atomic mass is 9.86. The molecule has 0 bridgehead atoms. The van der Waals surface area contributed by atoms with Crippen LogP contribution in [0.15, 0.2) is 66.7 Å². The average Bonchev–Trinajstić information content (AvgIpc) is 2.91. The van der Waals surface area contributed by atoms with Crippen molar-refractivity contribution < 1.29 is 31.8 Å². The Hall–Kier alpha value is -4.10. The van der Waals surface area contributed by atoms with Crippen molar-refractivity contribution in [3.63, 3.8) is 0 Å². The van der Waals surface area contributed by atoms with E-state index >= 15 is 0 Å². The fourth-order valence-corrected chi connectivity index (χ4v) is 4.90. The molecule has 6 nitrogen and oxygen atoms in total. The SMILES string of the molecule is CC(C)(C)OC(=O)N1CC[C@H](NCc2cc(-c3ccc(C#N)cc3F)ccc2OC(F)(F)F)[C@H](c2ccccc2)C1. The Labute approximate surface area is 236 Å². The highest BCUT2D eigenvalue weighted by Gasteiger charge is 2.35. The molecule has 1 aliphatic heterocycles. The molecule has 1 aliphatic rings. The first-order valence-corrected chi connectivity index (χ1v) is 13.2. The van der Waals surface area contributed by atoms with E-state index in [2.05, 4.69) is 10.1 Å². The molecule has 0 radical (unpaired) electrons. The van der Waals surface area contributed by atoms with Crippen LogP contribution in [0.5, 0.6) is 5.75 Å². The number of hydrogen-bond donors (Lipinski definition) is 1. The standard InChI is InChI=1S/C31H31F4N3O3/c1-30(2,3)41-29(39)38-14-13-27(25(19-38)21-7-5-4-6-8-21)37-18-23-16-22(10-12-28(23)40-31(33,34)35)24-11-9-20(17-36)15-26(24)32/h4-12,15-16,25,27,37H,13-14,18-19H2,1-3H3/t25-,27-/m0/s1. The molecule has 1 saturated heterocycles. The maximum Gasteiger partial charge on any atom is 0.573 e. The third kappa shape index (κ3) is 7.98. The van der Waals surface area contributed by atoms with Gasteiger partial charge in [0.15, 0.2) is 0 Å². The Morgan fingerprint density at radius 1 is 1.07 bits per heavy atom. The molecule has 1 fully saturated rings. The average molecular weight is 570 g/mol. The summed E-state index contributed by atoms with van der Waals surface area (Å²) in [6, 6.07) is 19.1. The smallest absolute Gasteiger partial charge is 0.444 e. The molecule has 2 atom stereocenters. The van der Waals surface area contributed by atoms with E-state index in [-0.39, 0.29) is 35.2 Å². The molecule has 3 aromatic carbocycles. The first kappa shape index (κ1) is 29.9. The number of likely N-dealkylation sites (tertiary alicyclic amines) is 1. The maximum atomic E-state index is 14.7. The summed E-state index contributed by atoms with van der Waals surface area (Å²) in [5, 5.41) is 12.4. The number of nitrogens with zero attached hydrogens (tertiary/aromatic N) is 2. The van der Waals surface area contributed by atoms with Gasteiger partial charge in [0.25, 0.3) is 0 Å². The molecule has 0 spiro atoms. The Morgan fingerprint density at radius 3 is 2.44 bits per heavy atom. The van der Waals surface area contributed by atoms with Gasteiger partial charge in [-0.3, -0.25) is 0 Å². The monoisotopic (exact) mass is 569 g/mol. The van der Waals surface area contributed by atoms with Gasteiger partial charge in [-0.2, -0.15) is 5.26 Å². The molecule has 0 unspecified atom stereocenters. The van der Waals surface area contributed by atoms with Crippen LogP contribution in [0.25, 0.3) is 11.1 Å². The number of piperidine rings is 1. The van der Waals surface area contributed by atoms with Crippen LogP contribution in [-0.4, -0.2) is 42.1 Å². The van der Waals surface area contributed by atoms with Crippen LogP contribution in [0.3, 0.4) is 0 Å². The van der Waals surface area contributed by atoms with E-state index in [1.165, 1.54) is 24.3 Å². The van der Waals surface area contributed by atoms with Crippen LogP contribution in [0, 0.1) is 17.1 Å². The summed E-state index contributed by atoms with van der Waals surface area (Å²) in [6.07, 6.45) is -4.81. The predicted molar refractivity (Wildman–Crippen MR) is 145 cm³/mol. The van der Waals surface area contributed by atoms with Crippen molar-refractivity contribution in [2.75, 3.05) is 13.1 Å². The number of alkyl halides is 3. The van der Waals surface area contributed by atoms with Gasteiger partial charge in [0.2, 0.25) is 0 Å². The van der Waals surface area contributed by atoms with Crippen LogP contribution in [0.4, 0.5) is 22.4 Å². The first-order valence-electron chi connectivity index (χ1n) is 13.2. The minimum atomic E-state index is -4.92. The molecule has 216 valence electrons. The zero-order valence-electron chi connectivity index (χ0n) is 23.0. The van der Waals surface area contributed by atoms with Gasteiger partial charge >= 0.3 is 12.5 Å². The Kier molecular flexibility index (Phi) is 8.88. The third-order valence-corrected chi connectivity index (χ3v) is 6.74. The summed E-state index contributed by atoms with van der Waals surface area (Å²) < 4.78 is 64.3. The van der Waals surface area contributed by atoms with E-state index in [4.69, 9.17) is 10.00 Å². The minimum absolute atomic E-state index is 0.00239. The molecular formula is C31H31F4N3O3. The zero-order chi connectivity index (χ0) is 29.8. The van der Waals surface area contributed by atoms with Crippen molar-refractivity contribution in [1.82, 2.24) is 10.2 Å². The molecule has 0 aliphatic carbocycles. The maximum absolute atomic E-state index is 14.7. The van der Waals surface area contributed by atoms with E-state index < -0.39 is 29.6 Å². The predicted octanol–water partition coefficient (Wildman–Crippen LogP) is 7.15. The highest BCUT2D eigenvalue weighted by atomic mass is 19.4. The summed E-state index contributed by atoms with van der Waals surface area (Å²) in [5.74, 6) is -1.22. The third-order valence-electron chi connectivity index (χ3n) is 6.74. The van der Waals surface area contributed by atoms with Crippen molar-refractivity contribution in [2.24, 2.45) is 0 Å². The van der Waals surface area contributed by atoms with Gasteiger partial charge in [0.1, 0.15) is 17.2 Å². The fourth-order valence-electron chi connectivity index (χ4n) is 4.90. The van der Waals surface area contributed by atoms with E-state index in [9.17, 15) is 22.4 Å². The van der Waals surface area contributed by atoms with Gasteiger partial charge in [-0.25, -0.2) is 9.18 Å². The Bertz CT molecular complexity index is 1410. The molecular weight excluding hydrogens is 538 g/mol. The zero-order valence-corrected chi connectivity index (χ0v) is 23.0. The molecule has 0 aromatic heterocycles. The van der Waals surface area contributed by atoms with Crippen molar-refractivity contribution in [3.8, 4) is 22.9 Å². The van der Waals surface area contributed by atoms with Crippen LogP contribution >= 0.6 is 0 Å². The number of nitrogens with one attached hydrogen (secondary N) is 1. The highest BCUT2D eigenvalue weighted by molar-refractivity contribution is 5.69. The van der Waals surface area contributed by atoms with Crippen LogP contribution in [-0.2, 0) is 11.3 Å². The first-order chi connectivity index (χ1) is 19.3. The Balaban J connectivity index is 1.61. The lowest BCUT2D eigenvalue weighted by Crippen LogP contribution is -2.50. The second-order valence-electron chi connectivity index (χ2n) is 10.9. The fraction of sp³-hybridized carbons (Fsp3) is 0.355. The highest BCUT2D eigenvalue weighted by Crippen LogP contribution is 2.34. The van der Waals surface area contributed by atoms with Crippen LogP contribution in [0.1, 0.15) is 49.8 Å². The summed E-state index contributed by atoms with van der Waals surface area (Å²) in [7, 11) is 0. The quantitative estimate of drug-likeness (QED) is 0.319. The van der Waals surface area contributed by atoms with Gasteiger partial charge < -0.3 is 19.7 Å². The van der Waals surface area contributed by atoms with Gasteiger partial charge in [0, 0.05) is 42.7 Å². The summed E-state index contributed by atoms with van der Waals surface area (Å²) in [6.45, 7) is 6.15. The molecule has 41 heavy (non-hydrogen) atoms. The van der Waals surface area contributed by atoms with Crippen molar-refractivity contribution >= 4 is 6.09 Å². The normalized spacial score (nSPS) is 17.6. The van der Waals surface area contributed by atoms with Gasteiger partial charge in [-0.1, -0.05) is 42.5 Å². The number of halogens is 4. The van der Waals surface area contributed by atoms with Crippen molar-refractivity contribution in [1.29, 1.82) is 5.26 Å². The van der Waals surface area contributed by atoms with E-state index in [1.807, 2.05) is 36.4 Å². The number of nitriles is 1. The second kappa shape index (κ2) is 12.2. The number of rotatable bonds is 6. The number of hydrogen-bond acceptors (Lipinski definition) is 5. The largest absolute Gasteiger partial charge is 0.573 e. The number of benzene rings is 3. The van der Waals surface area contributed by atoms with Crippen LogP contribution < -0.4 is 10.1 Å². The van der Waals surface area contributed by atoms with E-state index in [1.54, 1.807) is 25.7 Å². The molecule has 10 heteroatoms. The molecule has 1 amide bonds. The number of amides is 1. The minimum Gasteiger partial charge on any atom is -0.444 e. The summed E-state index contributed by atoms with van der Waals surface area (Å²) >= 11 is 0.